The molecule has 2 aromatic rings. The first kappa shape index (κ1) is 22.4. The van der Waals surface area contributed by atoms with Gasteiger partial charge < -0.3 is 15.0 Å². The molecule has 1 fully saturated rings. The Balaban J connectivity index is 1.72. The number of carbonyl (C=O) groups is 2. The summed E-state index contributed by atoms with van der Waals surface area (Å²) in [6.45, 7) is 6.64. The van der Waals surface area contributed by atoms with Gasteiger partial charge in [0.25, 0.3) is 5.91 Å². The molecule has 1 atom stereocenters. The van der Waals surface area contributed by atoms with Crippen LogP contribution >= 0.6 is 12.2 Å². The van der Waals surface area contributed by atoms with Crippen molar-refractivity contribution in [3.8, 4) is 5.75 Å². The molecule has 1 aliphatic rings. The first-order valence-corrected chi connectivity index (χ1v) is 10.4. The number of anilines is 2. The van der Waals surface area contributed by atoms with E-state index >= 15 is 0 Å². The molecular formula is C23H24FN3O3S. The largest absolute Gasteiger partial charge is 0.494 e. The van der Waals surface area contributed by atoms with Crippen molar-refractivity contribution in [2.75, 3.05) is 23.4 Å². The fraction of sp³-hybridized carbons (Fsp3) is 0.261. The minimum Gasteiger partial charge on any atom is -0.494 e. The second-order valence-electron chi connectivity index (χ2n) is 7.02. The van der Waals surface area contributed by atoms with E-state index in [4.69, 9.17) is 17.0 Å². The summed E-state index contributed by atoms with van der Waals surface area (Å²) in [7, 11) is 0. The number of amides is 2. The minimum absolute atomic E-state index is 0.104. The summed E-state index contributed by atoms with van der Waals surface area (Å²) >= 11 is 5.45. The molecule has 0 radical (unpaired) electrons. The third-order valence-electron chi connectivity index (χ3n) is 4.70. The van der Waals surface area contributed by atoms with E-state index in [1.54, 1.807) is 41.3 Å². The molecule has 0 saturated carbocycles. The number of nitrogens with one attached hydrogen (secondary N) is 1. The Morgan fingerprint density at radius 2 is 2.03 bits per heavy atom. The van der Waals surface area contributed by atoms with E-state index in [-0.39, 0.29) is 29.9 Å². The van der Waals surface area contributed by atoms with Crippen molar-refractivity contribution in [3.05, 3.63) is 67.0 Å². The second-order valence-corrected chi connectivity index (χ2v) is 7.38. The summed E-state index contributed by atoms with van der Waals surface area (Å²) in [5.41, 5.74) is 0.925. The third-order valence-corrected chi connectivity index (χ3v) is 5.12. The van der Waals surface area contributed by atoms with E-state index in [1.165, 1.54) is 23.1 Å². The van der Waals surface area contributed by atoms with Gasteiger partial charge in [-0.3, -0.25) is 14.5 Å². The maximum Gasteiger partial charge on any atom is 0.256 e. The fourth-order valence-corrected chi connectivity index (χ4v) is 3.67. The van der Waals surface area contributed by atoms with Crippen molar-refractivity contribution in [2.24, 2.45) is 0 Å². The molecular weight excluding hydrogens is 417 g/mol. The summed E-state index contributed by atoms with van der Waals surface area (Å²) in [5, 5.41) is 3.01. The standard InChI is InChI=1S/C23H24FN3O3S/c1-3-12-26-20(22(29)27(23(26)31)18-7-5-6-16(24)14-18)15-21(28)25-17-8-10-19(11-9-17)30-13-4-2/h3,5-11,14,20H,1,4,12-13,15H2,2H3,(H,25,28)/t20-/m1/s1. The van der Waals surface area contributed by atoms with Gasteiger partial charge in [-0.1, -0.05) is 19.1 Å². The lowest BCUT2D eigenvalue weighted by atomic mass is 10.1. The van der Waals surface area contributed by atoms with Gasteiger partial charge in [0.2, 0.25) is 5.91 Å². The highest BCUT2D eigenvalue weighted by Gasteiger charge is 2.43. The first-order chi connectivity index (χ1) is 14.9. The highest BCUT2D eigenvalue weighted by atomic mass is 32.1. The number of nitrogens with zero attached hydrogens (tertiary/aromatic N) is 2. The SMILES string of the molecule is C=CCN1C(=S)N(c2cccc(F)c2)C(=O)[C@H]1CC(=O)Nc1ccc(OCCC)cc1. The van der Waals surface area contributed by atoms with Crippen LogP contribution in [0.2, 0.25) is 0 Å². The van der Waals surface area contributed by atoms with E-state index in [0.717, 1.165) is 12.2 Å². The zero-order valence-electron chi connectivity index (χ0n) is 17.2. The lowest BCUT2D eigenvalue weighted by Gasteiger charge is -2.22. The molecule has 2 amide bonds. The predicted molar refractivity (Wildman–Crippen MR) is 123 cm³/mol. The smallest absolute Gasteiger partial charge is 0.256 e. The van der Waals surface area contributed by atoms with Gasteiger partial charge in [0.1, 0.15) is 17.6 Å². The number of halogens is 1. The first-order valence-electron chi connectivity index (χ1n) is 9.98. The maximum atomic E-state index is 13.7. The second kappa shape index (κ2) is 10.2. The third kappa shape index (κ3) is 5.27. The zero-order chi connectivity index (χ0) is 22.4. The Hall–Kier alpha value is -3.26. The number of rotatable bonds is 9. The highest BCUT2D eigenvalue weighted by molar-refractivity contribution is 7.80. The van der Waals surface area contributed by atoms with Gasteiger partial charge in [0.05, 0.1) is 18.7 Å². The number of benzene rings is 2. The van der Waals surface area contributed by atoms with Crippen LogP contribution < -0.4 is 15.0 Å². The molecule has 1 saturated heterocycles. The Labute approximate surface area is 186 Å². The minimum atomic E-state index is -0.805. The van der Waals surface area contributed by atoms with Gasteiger partial charge in [0, 0.05) is 12.2 Å². The van der Waals surface area contributed by atoms with Crippen LogP contribution in [0.1, 0.15) is 19.8 Å². The fourth-order valence-electron chi connectivity index (χ4n) is 3.28. The number of carbonyl (C=O) groups excluding carboxylic acids is 2. The molecule has 8 heteroatoms. The molecule has 1 aliphatic heterocycles. The van der Waals surface area contributed by atoms with E-state index in [9.17, 15) is 14.0 Å². The van der Waals surface area contributed by atoms with Gasteiger partial charge >= 0.3 is 0 Å². The van der Waals surface area contributed by atoms with Crippen LogP contribution in [0.15, 0.2) is 61.2 Å². The molecule has 3 rings (SSSR count). The molecule has 0 unspecified atom stereocenters. The average molecular weight is 442 g/mol. The van der Waals surface area contributed by atoms with Crippen LogP contribution in [0.4, 0.5) is 15.8 Å². The molecule has 0 aromatic heterocycles. The van der Waals surface area contributed by atoms with Crippen LogP contribution in [-0.4, -0.2) is 41.0 Å². The van der Waals surface area contributed by atoms with Crippen molar-refractivity contribution >= 4 is 40.5 Å². The topological polar surface area (TPSA) is 61.9 Å². The van der Waals surface area contributed by atoms with Crippen LogP contribution in [0.3, 0.4) is 0 Å². The maximum absolute atomic E-state index is 13.7. The summed E-state index contributed by atoms with van der Waals surface area (Å²) < 4.78 is 19.2. The van der Waals surface area contributed by atoms with Gasteiger partial charge in [-0.05, 0) is 61.1 Å². The van der Waals surface area contributed by atoms with Crippen molar-refractivity contribution in [1.82, 2.24) is 4.90 Å². The van der Waals surface area contributed by atoms with E-state index in [2.05, 4.69) is 11.9 Å². The molecule has 162 valence electrons. The van der Waals surface area contributed by atoms with Crippen molar-refractivity contribution < 1.29 is 18.7 Å². The predicted octanol–water partition coefficient (Wildman–Crippen LogP) is 4.13. The molecule has 31 heavy (non-hydrogen) atoms. The van der Waals surface area contributed by atoms with Gasteiger partial charge in [0.15, 0.2) is 5.11 Å². The van der Waals surface area contributed by atoms with E-state index in [0.29, 0.717) is 18.0 Å². The van der Waals surface area contributed by atoms with E-state index < -0.39 is 11.9 Å². The van der Waals surface area contributed by atoms with Crippen LogP contribution in [-0.2, 0) is 9.59 Å². The number of thiocarbonyl (C=S) groups is 1. The van der Waals surface area contributed by atoms with Crippen molar-refractivity contribution in [3.63, 3.8) is 0 Å². The number of hydrogen-bond donors (Lipinski definition) is 1. The Kier molecular flexibility index (Phi) is 7.36. The summed E-state index contributed by atoms with van der Waals surface area (Å²) in [5.74, 6) is -0.468. The van der Waals surface area contributed by atoms with Crippen LogP contribution in [0.5, 0.6) is 5.75 Å². The molecule has 0 aliphatic carbocycles. The molecule has 0 bridgehead atoms. The molecule has 6 nitrogen and oxygen atoms in total. The lowest BCUT2D eigenvalue weighted by Crippen LogP contribution is -2.37. The molecule has 2 aromatic carbocycles. The summed E-state index contributed by atoms with van der Waals surface area (Å²) in [6.07, 6.45) is 2.41. The normalized spacial score (nSPS) is 15.9. The van der Waals surface area contributed by atoms with Gasteiger partial charge in [-0.2, -0.15) is 0 Å². The number of ether oxygens (including phenoxy) is 1. The summed E-state index contributed by atoms with van der Waals surface area (Å²) in [6, 6.07) is 11.9. The monoisotopic (exact) mass is 441 g/mol. The summed E-state index contributed by atoms with van der Waals surface area (Å²) in [4.78, 5) is 28.6. The van der Waals surface area contributed by atoms with E-state index in [1.807, 2.05) is 6.92 Å². The van der Waals surface area contributed by atoms with Gasteiger partial charge in [-0.25, -0.2) is 4.39 Å². The van der Waals surface area contributed by atoms with Crippen molar-refractivity contribution in [2.45, 2.75) is 25.8 Å². The molecule has 0 spiro atoms. The quantitative estimate of drug-likeness (QED) is 0.468. The lowest BCUT2D eigenvalue weighted by molar-refractivity contribution is -0.124. The molecule has 1 heterocycles. The highest BCUT2D eigenvalue weighted by Crippen LogP contribution is 2.28. The Bertz CT molecular complexity index is 980. The zero-order valence-corrected chi connectivity index (χ0v) is 18.0. The van der Waals surface area contributed by atoms with Crippen LogP contribution in [0, 0.1) is 5.82 Å². The van der Waals surface area contributed by atoms with Gasteiger partial charge in [-0.15, -0.1) is 6.58 Å². The Morgan fingerprint density at radius 1 is 1.29 bits per heavy atom. The van der Waals surface area contributed by atoms with Crippen LogP contribution in [0.25, 0.3) is 0 Å². The van der Waals surface area contributed by atoms with Crippen molar-refractivity contribution in [1.29, 1.82) is 0 Å². The molecule has 1 N–H and O–H groups in total. The Morgan fingerprint density at radius 3 is 2.68 bits per heavy atom. The number of hydrogen-bond acceptors (Lipinski definition) is 4. The average Bonchev–Trinajstić information content (AvgIpc) is 2.97.